The summed E-state index contributed by atoms with van der Waals surface area (Å²) in [5, 5.41) is 3.59. The van der Waals surface area contributed by atoms with E-state index in [9.17, 15) is 4.79 Å². The van der Waals surface area contributed by atoms with Crippen LogP contribution in [0.1, 0.15) is 28.9 Å². The minimum absolute atomic E-state index is 0.127. The van der Waals surface area contributed by atoms with Crippen molar-refractivity contribution in [3.63, 3.8) is 0 Å². The molecule has 4 nitrogen and oxygen atoms in total. The molecule has 0 radical (unpaired) electrons. The van der Waals surface area contributed by atoms with Crippen molar-refractivity contribution in [1.82, 2.24) is 5.32 Å². The number of hydrogen-bond donors (Lipinski definition) is 2. The topological polar surface area (TPSA) is 64.3 Å². The second-order valence-electron chi connectivity index (χ2n) is 4.70. The Labute approximate surface area is 128 Å². The second kappa shape index (κ2) is 6.50. The van der Waals surface area contributed by atoms with Crippen molar-refractivity contribution in [2.24, 2.45) is 0 Å². The number of carbonyl (C=O) groups is 1. The summed E-state index contributed by atoms with van der Waals surface area (Å²) >= 11 is 5.85. The normalized spacial score (nSPS) is 11.8. The molecule has 0 aliphatic carbocycles. The van der Waals surface area contributed by atoms with Crippen molar-refractivity contribution in [3.05, 3.63) is 58.6 Å². The van der Waals surface area contributed by atoms with Gasteiger partial charge in [-0.15, -0.1) is 0 Å². The molecule has 0 fully saturated rings. The van der Waals surface area contributed by atoms with Crippen molar-refractivity contribution in [1.29, 1.82) is 0 Å². The van der Waals surface area contributed by atoms with Crippen molar-refractivity contribution in [2.75, 3.05) is 12.8 Å². The molecule has 5 heteroatoms. The summed E-state index contributed by atoms with van der Waals surface area (Å²) in [5.74, 6) is 0.303. The highest BCUT2D eigenvalue weighted by Gasteiger charge is 2.13. The smallest absolute Gasteiger partial charge is 0.251 e. The Morgan fingerprint density at radius 3 is 2.52 bits per heavy atom. The van der Waals surface area contributed by atoms with E-state index >= 15 is 0 Å². The molecule has 1 unspecified atom stereocenters. The van der Waals surface area contributed by atoms with Crippen molar-refractivity contribution >= 4 is 23.2 Å². The number of nitrogens with two attached hydrogens (primary N) is 1. The zero-order valence-corrected chi connectivity index (χ0v) is 12.6. The number of anilines is 1. The first-order chi connectivity index (χ1) is 10.0. The quantitative estimate of drug-likeness (QED) is 0.851. The summed E-state index contributed by atoms with van der Waals surface area (Å²) in [6.07, 6.45) is 0. The predicted molar refractivity (Wildman–Crippen MR) is 84.7 cm³/mol. The van der Waals surface area contributed by atoms with Crippen LogP contribution in [-0.4, -0.2) is 13.0 Å². The Morgan fingerprint density at radius 2 is 1.90 bits per heavy atom. The molecule has 0 saturated heterocycles. The average molecular weight is 305 g/mol. The molecule has 21 heavy (non-hydrogen) atoms. The van der Waals surface area contributed by atoms with Gasteiger partial charge in [0.1, 0.15) is 5.75 Å². The van der Waals surface area contributed by atoms with Gasteiger partial charge in [0.15, 0.2) is 0 Å². The number of ether oxygens (including phenoxy) is 1. The Balaban J connectivity index is 2.12. The minimum atomic E-state index is -0.184. The molecule has 0 aromatic heterocycles. The van der Waals surface area contributed by atoms with E-state index in [4.69, 9.17) is 22.1 Å². The number of halogens is 1. The Bertz CT molecular complexity index is 641. The van der Waals surface area contributed by atoms with E-state index in [0.717, 1.165) is 5.56 Å². The van der Waals surface area contributed by atoms with Crippen LogP contribution in [0.3, 0.4) is 0 Å². The lowest BCUT2D eigenvalue weighted by Crippen LogP contribution is -2.26. The number of benzene rings is 2. The van der Waals surface area contributed by atoms with Crippen molar-refractivity contribution in [2.45, 2.75) is 13.0 Å². The Kier molecular flexibility index (Phi) is 4.70. The second-order valence-corrected chi connectivity index (χ2v) is 5.14. The fraction of sp³-hybridized carbons (Fsp3) is 0.188. The molecule has 2 rings (SSSR count). The van der Waals surface area contributed by atoms with Gasteiger partial charge in [0.2, 0.25) is 0 Å². The summed E-state index contributed by atoms with van der Waals surface area (Å²) < 4.78 is 5.12. The van der Waals surface area contributed by atoms with E-state index in [-0.39, 0.29) is 11.9 Å². The highest BCUT2D eigenvalue weighted by atomic mass is 35.5. The van der Waals surface area contributed by atoms with Gasteiger partial charge < -0.3 is 15.8 Å². The highest BCUT2D eigenvalue weighted by Crippen LogP contribution is 2.23. The first kappa shape index (κ1) is 15.2. The molecule has 3 N–H and O–H groups in total. The van der Waals surface area contributed by atoms with Crippen LogP contribution < -0.4 is 15.8 Å². The molecule has 0 bridgehead atoms. The lowest BCUT2D eigenvalue weighted by molar-refractivity contribution is 0.0939. The van der Waals surface area contributed by atoms with Crippen LogP contribution in [0.15, 0.2) is 42.5 Å². The molecular weight excluding hydrogens is 288 g/mol. The van der Waals surface area contributed by atoms with E-state index in [1.165, 1.54) is 7.11 Å². The lowest BCUT2D eigenvalue weighted by Gasteiger charge is -2.15. The summed E-state index contributed by atoms with van der Waals surface area (Å²) in [6, 6.07) is 12.2. The third-order valence-corrected chi connectivity index (χ3v) is 3.47. The summed E-state index contributed by atoms with van der Waals surface area (Å²) in [5.41, 5.74) is 7.72. The molecule has 0 aliphatic rings. The first-order valence-electron chi connectivity index (χ1n) is 6.51. The van der Waals surface area contributed by atoms with E-state index in [0.29, 0.717) is 22.0 Å². The maximum Gasteiger partial charge on any atom is 0.251 e. The number of carbonyl (C=O) groups excluding carboxylic acids is 1. The largest absolute Gasteiger partial charge is 0.495 e. The van der Waals surface area contributed by atoms with Gasteiger partial charge in [-0.1, -0.05) is 23.7 Å². The van der Waals surface area contributed by atoms with Crippen LogP contribution in [-0.2, 0) is 0 Å². The number of nitrogen functional groups attached to an aromatic ring is 1. The minimum Gasteiger partial charge on any atom is -0.495 e. The Morgan fingerprint density at radius 1 is 1.24 bits per heavy atom. The van der Waals surface area contributed by atoms with Gasteiger partial charge in [0.25, 0.3) is 5.91 Å². The fourth-order valence-corrected chi connectivity index (χ4v) is 2.09. The van der Waals surface area contributed by atoms with Crippen LogP contribution in [0.4, 0.5) is 5.69 Å². The van der Waals surface area contributed by atoms with E-state index in [1.54, 1.807) is 30.3 Å². The fourth-order valence-electron chi connectivity index (χ4n) is 1.97. The van der Waals surface area contributed by atoms with Gasteiger partial charge in [-0.05, 0) is 42.8 Å². The van der Waals surface area contributed by atoms with Crippen LogP contribution in [0.25, 0.3) is 0 Å². The predicted octanol–water partition coefficient (Wildman–Crippen LogP) is 3.42. The van der Waals surface area contributed by atoms with Gasteiger partial charge in [-0.25, -0.2) is 0 Å². The van der Waals surface area contributed by atoms with E-state index in [2.05, 4.69) is 5.32 Å². The Hall–Kier alpha value is -2.20. The molecule has 2 aromatic carbocycles. The molecule has 110 valence electrons. The van der Waals surface area contributed by atoms with Crippen LogP contribution in [0, 0.1) is 0 Å². The van der Waals surface area contributed by atoms with E-state index in [1.807, 2.05) is 19.1 Å². The van der Waals surface area contributed by atoms with Crippen LogP contribution in [0.2, 0.25) is 5.02 Å². The van der Waals surface area contributed by atoms with Gasteiger partial charge in [0.05, 0.1) is 18.8 Å². The zero-order chi connectivity index (χ0) is 15.4. The molecule has 0 spiro atoms. The molecule has 0 aliphatic heterocycles. The summed E-state index contributed by atoms with van der Waals surface area (Å²) in [7, 11) is 1.52. The van der Waals surface area contributed by atoms with Gasteiger partial charge in [-0.3, -0.25) is 4.79 Å². The third-order valence-electron chi connectivity index (χ3n) is 3.21. The number of nitrogens with one attached hydrogen (secondary N) is 1. The number of rotatable bonds is 4. The molecular formula is C16H17ClN2O2. The van der Waals surface area contributed by atoms with Gasteiger partial charge in [0, 0.05) is 10.6 Å². The lowest BCUT2D eigenvalue weighted by atomic mass is 10.1. The van der Waals surface area contributed by atoms with Gasteiger partial charge >= 0.3 is 0 Å². The highest BCUT2D eigenvalue weighted by molar-refractivity contribution is 6.30. The van der Waals surface area contributed by atoms with Gasteiger partial charge in [-0.2, -0.15) is 0 Å². The maximum atomic E-state index is 12.2. The summed E-state index contributed by atoms with van der Waals surface area (Å²) in [4.78, 5) is 12.2. The molecule has 0 heterocycles. The summed E-state index contributed by atoms with van der Waals surface area (Å²) in [6.45, 7) is 1.91. The zero-order valence-electron chi connectivity index (χ0n) is 11.9. The number of amides is 1. The van der Waals surface area contributed by atoms with Crippen LogP contribution in [0.5, 0.6) is 5.75 Å². The van der Waals surface area contributed by atoms with Crippen LogP contribution >= 0.6 is 11.6 Å². The van der Waals surface area contributed by atoms with E-state index < -0.39 is 0 Å². The van der Waals surface area contributed by atoms with Crippen molar-refractivity contribution < 1.29 is 9.53 Å². The molecule has 1 atom stereocenters. The molecule has 0 saturated carbocycles. The average Bonchev–Trinajstić information content (AvgIpc) is 2.48. The third kappa shape index (κ3) is 3.67. The first-order valence-corrected chi connectivity index (χ1v) is 6.89. The number of hydrogen-bond acceptors (Lipinski definition) is 3. The molecule has 1 amide bonds. The number of methoxy groups -OCH3 is 1. The standard InChI is InChI=1S/C16H17ClN2O2/c1-10(11-3-6-13(17)7-4-11)19-16(20)12-5-8-14(18)15(9-12)21-2/h3-10H,18H2,1-2H3,(H,19,20). The molecule has 2 aromatic rings. The maximum absolute atomic E-state index is 12.2. The SMILES string of the molecule is COc1cc(C(=O)NC(C)c2ccc(Cl)cc2)ccc1N. The van der Waals surface area contributed by atoms with Crippen molar-refractivity contribution in [3.8, 4) is 5.75 Å². The monoisotopic (exact) mass is 304 g/mol.